The fourth-order valence-electron chi connectivity index (χ4n) is 4.35. The van der Waals surface area contributed by atoms with Gasteiger partial charge >= 0.3 is 0 Å². The SMILES string of the molecule is CC1CC(C)(C)CC2(CC(=O)c3cc(Br)ccc3O2)C1. The Morgan fingerprint density at radius 2 is 2.05 bits per heavy atom. The van der Waals surface area contributed by atoms with Gasteiger partial charge in [0.1, 0.15) is 11.4 Å². The zero-order valence-corrected chi connectivity index (χ0v) is 13.9. The summed E-state index contributed by atoms with van der Waals surface area (Å²) in [5, 5.41) is 0. The summed E-state index contributed by atoms with van der Waals surface area (Å²) in [5.74, 6) is 1.58. The first-order chi connectivity index (χ1) is 9.29. The van der Waals surface area contributed by atoms with E-state index in [4.69, 9.17) is 4.74 Å². The normalized spacial score (nSPS) is 31.8. The van der Waals surface area contributed by atoms with Crippen LogP contribution in [-0.2, 0) is 0 Å². The summed E-state index contributed by atoms with van der Waals surface area (Å²) >= 11 is 3.43. The molecular weight excluding hydrogens is 316 g/mol. The van der Waals surface area contributed by atoms with E-state index in [1.165, 1.54) is 6.42 Å². The number of fused-ring (bicyclic) bond motifs is 1. The van der Waals surface area contributed by atoms with E-state index in [2.05, 4.69) is 36.7 Å². The lowest BCUT2D eigenvalue weighted by Gasteiger charge is -2.49. The fourth-order valence-corrected chi connectivity index (χ4v) is 4.71. The maximum atomic E-state index is 12.5. The van der Waals surface area contributed by atoms with E-state index >= 15 is 0 Å². The van der Waals surface area contributed by atoms with Crippen molar-refractivity contribution in [3.05, 3.63) is 28.2 Å². The summed E-state index contributed by atoms with van der Waals surface area (Å²) < 4.78 is 7.28. The van der Waals surface area contributed by atoms with E-state index in [9.17, 15) is 4.79 Å². The van der Waals surface area contributed by atoms with Crippen LogP contribution in [-0.4, -0.2) is 11.4 Å². The molecule has 0 radical (unpaired) electrons. The standard InChI is InChI=1S/C17H21BrO2/c1-11-7-16(2,3)10-17(8-11)9-14(19)13-6-12(18)4-5-15(13)20-17/h4-6,11H,7-10H2,1-3H3. The Morgan fingerprint density at radius 1 is 1.30 bits per heavy atom. The third kappa shape index (κ3) is 2.52. The number of hydrogen-bond donors (Lipinski definition) is 0. The topological polar surface area (TPSA) is 26.3 Å². The molecule has 0 bridgehead atoms. The van der Waals surface area contributed by atoms with Gasteiger partial charge in [-0.2, -0.15) is 0 Å². The Balaban J connectivity index is 1.98. The molecule has 1 aliphatic carbocycles. The van der Waals surface area contributed by atoms with Gasteiger partial charge in [0.05, 0.1) is 12.0 Å². The highest BCUT2D eigenvalue weighted by Gasteiger charge is 2.48. The fraction of sp³-hybridized carbons (Fsp3) is 0.588. The van der Waals surface area contributed by atoms with Crippen LogP contribution in [0.15, 0.2) is 22.7 Å². The van der Waals surface area contributed by atoms with Crippen LogP contribution >= 0.6 is 15.9 Å². The molecule has 1 fully saturated rings. The lowest BCUT2D eigenvalue weighted by Crippen LogP contribution is -2.50. The van der Waals surface area contributed by atoms with Gasteiger partial charge in [-0.05, 0) is 48.8 Å². The summed E-state index contributed by atoms with van der Waals surface area (Å²) in [6.45, 7) is 6.85. The number of benzene rings is 1. The zero-order chi connectivity index (χ0) is 14.5. The minimum Gasteiger partial charge on any atom is -0.486 e. The molecule has 3 heteroatoms. The molecule has 0 saturated heterocycles. The Kier molecular flexibility index (Phi) is 3.24. The molecule has 1 saturated carbocycles. The first kappa shape index (κ1) is 14.1. The molecule has 1 aromatic carbocycles. The monoisotopic (exact) mass is 336 g/mol. The van der Waals surface area contributed by atoms with Crippen molar-refractivity contribution < 1.29 is 9.53 Å². The summed E-state index contributed by atoms with van der Waals surface area (Å²) in [6, 6.07) is 5.74. The van der Waals surface area contributed by atoms with Gasteiger partial charge in [0.25, 0.3) is 0 Å². The molecule has 3 rings (SSSR count). The van der Waals surface area contributed by atoms with Crippen molar-refractivity contribution in [2.75, 3.05) is 0 Å². The molecule has 2 atom stereocenters. The minimum atomic E-state index is -0.293. The van der Waals surface area contributed by atoms with Crippen LogP contribution < -0.4 is 4.74 Å². The van der Waals surface area contributed by atoms with Crippen molar-refractivity contribution in [1.29, 1.82) is 0 Å². The molecule has 20 heavy (non-hydrogen) atoms. The van der Waals surface area contributed by atoms with Gasteiger partial charge < -0.3 is 4.74 Å². The average molecular weight is 337 g/mol. The van der Waals surface area contributed by atoms with Gasteiger partial charge in [-0.3, -0.25) is 4.79 Å². The van der Waals surface area contributed by atoms with Crippen LogP contribution in [0.1, 0.15) is 56.8 Å². The van der Waals surface area contributed by atoms with Crippen molar-refractivity contribution in [2.24, 2.45) is 11.3 Å². The van der Waals surface area contributed by atoms with Crippen LogP contribution in [0.5, 0.6) is 5.75 Å². The Hall–Kier alpha value is -0.830. The summed E-state index contributed by atoms with van der Waals surface area (Å²) in [5.41, 5.74) is 0.671. The molecule has 1 aromatic rings. The molecule has 0 aromatic heterocycles. The number of hydrogen-bond acceptors (Lipinski definition) is 2. The van der Waals surface area contributed by atoms with Gasteiger partial charge in [0, 0.05) is 4.47 Å². The number of rotatable bonds is 0. The third-order valence-electron chi connectivity index (χ3n) is 4.47. The molecule has 108 valence electrons. The number of halogens is 1. The molecule has 2 aliphatic rings. The van der Waals surface area contributed by atoms with E-state index < -0.39 is 0 Å². The van der Waals surface area contributed by atoms with E-state index in [-0.39, 0.29) is 16.8 Å². The lowest BCUT2D eigenvalue weighted by molar-refractivity contribution is -0.0435. The van der Waals surface area contributed by atoms with Crippen molar-refractivity contribution in [2.45, 2.75) is 52.1 Å². The molecule has 0 amide bonds. The summed E-state index contributed by atoms with van der Waals surface area (Å²) in [7, 11) is 0. The predicted octanol–water partition coefficient (Wildman–Crippen LogP) is 5.00. The molecule has 0 N–H and O–H groups in total. The van der Waals surface area contributed by atoms with Gasteiger partial charge in [-0.15, -0.1) is 0 Å². The smallest absolute Gasteiger partial charge is 0.170 e. The molecule has 2 unspecified atom stereocenters. The quantitative estimate of drug-likeness (QED) is 0.666. The zero-order valence-electron chi connectivity index (χ0n) is 12.3. The number of ketones is 1. The number of Topliss-reactive ketones (excluding diaryl/α,β-unsaturated/α-hetero) is 1. The van der Waals surface area contributed by atoms with Crippen molar-refractivity contribution in [1.82, 2.24) is 0 Å². The third-order valence-corrected chi connectivity index (χ3v) is 4.97. The van der Waals surface area contributed by atoms with Gasteiger partial charge in [0.2, 0.25) is 0 Å². The predicted molar refractivity (Wildman–Crippen MR) is 83.2 cm³/mol. The Labute approximate surface area is 129 Å². The number of ether oxygens (including phenoxy) is 1. The minimum absolute atomic E-state index is 0.220. The molecule has 1 heterocycles. The van der Waals surface area contributed by atoms with Crippen molar-refractivity contribution in [3.8, 4) is 5.75 Å². The van der Waals surface area contributed by atoms with Crippen LogP contribution in [0.4, 0.5) is 0 Å². The Morgan fingerprint density at radius 3 is 2.75 bits per heavy atom. The van der Waals surface area contributed by atoms with Gasteiger partial charge in [-0.1, -0.05) is 36.7 Å². The van der Waals surface area contributed by atoms with Gasteiger partial charge in [-0.25, -0.2) is 0 Å². The second-order valence-corrected chi connectivity index (χ2v) is 8.30. The van der Waals surface area contributed by atoms with Crippen molar-refractivity contribution in [3.63, 3.8) is 0 Å². The highest BCUT2D eigenvalue weighted by Crippen LogP contribution is 2.50. The molecule has 1 aliphatic heterocycles. The lowest BCUT2D eigenvalue weighted by atomic mass is 9.63. The molecular formula is C17H21BrO2. The van der Waals surface area contributed by atoms with Crippen LogP contribution in [0.3, 0.4) is 0 Å². The molecule has 2 nitrogen and oxygen atoms in total. The van der Waals surface area contributed by atoms with E-state index in [1.54, 1.807) is 0 Å². The molecule has 1 spiro atoms. The van der Waals surface area contributed by atoms with Crippen LogP contribution in [0, 0.1) is 11.3 Å². The second-order valence-electron chi connectivity index (χ2n) is 7.38. The summed E-state index contributed by atoms with van der Waals surface area (Å²) in [4.78, 5) is 12.5. The highest BCUT2D eigenvalue weighted by molar-refractivity contribution is 9.10. The largest absolute Gasteiger partial charge is 0.486 e. The van der Waals surface area contributed by atoms with Crippen molar-refractivity contribution >= 4 is 21.7 Å². The van der Waals surface area contributed by atoms with Gasteiger partial charge in [0.15, 0.2) is 5.78 Å². The first-order valence-corrected chi connectivity index (χ1v) is 8.10. The second kappa shape index (κ2) is 4.59. The van der Waals surface area contributed by atoms with Crippen LogP contribution in [0.2, 0.25) is 0 Å². The highest BCUT2D eigenvalue weighted by atomic mass is 79.9. The average Bonchev–Trinajstić information content (AvgIpc) is 2.27. The maximum Gasteiger partial charge on any atom is 0.170 e. The van der Waals surface area contributed by atoms with E-state index in [0.717, 1.165) is 28.6 Å². The number of carbonyl (C=O) groups is 1. The van der Waals surface area contributed by atoms with Crippen LogP contribution in [0.25, 0.3) is 0 Å². The maximum absolute atomic E-state index is 12.5. The van der Waals surface area contributed by atoms with E-state index in [1.807, 2.05) is 18.2 Å². The van der Waals surface area contributed by atoms with E-state index in [0.29, 0.717) is 12.3 Å². The summed E-state index contributed by atoms with van der Waals surface area (Å²) in [6.07, 6.45) is 3.67. The first-order valence-electron chi connectivity index (χ1n) is 7.30. The number of carbonyl (C=O) groups excluding carboxylic acids is 1. The Bertz CT molecular complexity index is 564.